The van der Waals surface area contributed by atoms with Crippen LogP contribution in [0.15, 0.2) is 66.7 Å². The predicted octanol–water partition coefficient (Wildman–Crippen LogP) is 3.31. The second-order valence-corrected chi connectivity index (χ2v) is 8.78. The lowest BCUT2D eigenvalue weighted by molar-refractivity contribution is -0.148. The lowest BCUT2D eigenvalue weighted by atomic mass is 9.63. The van der Waals surface area contributed by atoms with Gasteiger partial charge in [-0.25, -0.2) is 4.79 Å². The predicted molar refractivity (Wildman–Crippen MR) is 109 cm³/mol. The fourth-order valence-electron chi connectivity index (χ4n) is 5.81. The van der Waals surface area contributed by atoms with Crippen LogP contribution in [0.5, 0.6) is 5.75 Å². The molecule has 5 nitrogen and oxygen atoms in total. The minimum Gasteiger partial charge on any atom is -0.425 e. The molecule has 150 valence electrons. The Balaban J connectivity index is 1.14. The monoisotopic (exact) mass is 399 g/mol. The molecule has 2 bridgehead atoms. The zero-order valence-corrected chi connectivity index (χ0v) is 16.3. The normalized spacial score (nSPS) is 32.7. The molecule has 1 aliphatic heterocycles. The second kappa shape index (κ2) is 6.39. The highest BCUT2D eigenvalue weighted by atomic mass is 16.5. The zero-order chi connectivity index (χ0) is 20.4. The number of ether oxygens (including phenoxy) is 1. The van der Waals surface area contributed by atoms with Crippen LogP contribution in [-0.2, 0) is 14.4 Å². The molecule has 2 amide bonds. The summed E-state index contributed by atoms with van der Waals surface area (Å²) in [7, 11) is 0. The number of carbonyl (C=O) groups is 3. The van der Waals surface area contributed by atoms with Crippen molar-refractivity contribution in [2.45, 2.75) is 6.42 Å². The molecule has 4 aliphatic carbocycles. The molecule has 2 aromatic rings. The summed E-state index contributed by atoms with van der Waals surface area (Å²) in [6.45, 7) is -0.320. The fraction of sp³-hybridized carbons (Fsp3) is 0.320. The lowest BCUT2D eigenvalue weighted by Gasteiger charge is -2.37. The Morgan fingerprint density at radius 2 is 1.40 bits per heavy atom. The van der Waals surface area contributed by atoms with E-state index in [-0.39, 0.29) is 42.0 Å². The van der Waals surface area contributed by atoms with Gasteiger partial charge >= 0.3 is 5.97 Å². The van der Waals surface area contributed by atoms with Gasteiger partial charge in [-0.1, -0.05) is 54.6 Å². The molecular formula is C25H21NO4. The molecule has 2 aromatic carbocycles. The first kappa shape index (κ1) is 17.6. The van der Waals surface area contributed by atoms with Crippen molar-refractivity contribution in [3.8, 4) is 16.9 Å². The van der Waals surface area contributed by atoms with Crippen molar-refractivity contribution in [3.63, 3.8) is 0 Å². The number of rotatable bonds is 4. The Morgan fingerprint density at radius 1 is 0.833 bits per heavy atom. The van der Waals surface area contributed by atoms with E-state index >= 15 is 0 Å². The average Bonchev–Trinajstić information content (AvgIpc) is 3.56. The first-order valence-corrected chi connectivity index (χ1v) is 10.5. The largest absolute Gasteiger partial charge is 0.425 e. The summed E-state index contributed by atoms with van der Waals surface area (Å²) in [4.78, 5) is 39.5. The molecule has 6 atom stereocenters. The van der Waals surface area contributed by atoms with Crippen molar-refractivity contribution in [3.05, 3.63) is 66.7 Å². The standard InChI is InChI=1S/C25H21NO4/c27-21(30-16-8-6-15(7-9-16)14-4-2-1-3-5-14)13-26-24(28)22-17-10-11-18(20-12-19(17)20)23(22)25(26)29/h1-11,17-20,22-23H,12-13H2/t17-,18+,19-,20-,22+,23+/m1/s1. The number of amides is 2. The van der Waals surface area contributed by atoms with Crippen molar-refractivity contribution in [2.24, 2.45) is 35.5 Å². The summed E-state index contributed by atoms with van der Waals surface area (Å²) < 4.78 is 5.42. The van der Waals surface area contributed by atoms with E-state index in [1.807, 2.05) is 42.5 Å². The third-order valence-electron chi connectivity index (χ3n) is 7.23. The van der Waals surface area contributed by atoms with Gasteiger partial charge in [0.05, 0.1) is 11.8 Å². The van der Waals surface area contributed by atoms with Gasteiger partial charge < -0.3 is 4.74 Å². The quantitative estimate of drug-likeness (QED) is 0.342. The molecule has 5 aliphatic rings. The SMILES string of the molecule is O=C(CN1C(=O)[C@H]2[C@@H]3C=C[C@@H]([C@H]4C[C@H]34)[C@@H]2C1=O)Oc1ccc(-c2ccccc2)cc1. The van der Waals surface area contributed by atoms with E-state index in [0.29, 0.717) is 17.6 Å². The number of carbonyl (C=O) groups excluding carboxylic acids is 3. The third-order valence-corrected chi connectivity index (χ3v) is 7.23. The molecular weight excluding hydrogens is 378 g/mol. The van der Waals surface area contributed by atoms with Crippen molar-refractivity contribution in [1.82, 2.24) is 4.90 Å². The topological polar surface area (TPSA) is 63.7 Å². The van der Waals surface area contributed by atoms with Crippen LogP contribution in [-0.4, -0.2) is 29.2 Å². The average molecular weight is 399 g/mol. The van der Waals surface area contributed by atoms with Gasteiger partial charge in [0.1, 0.15) is 12.3 Å². The van der Waals surface area contributed by atoms with E-state index in [1.54, 1.807) is 12.1 Å². The highest BCUT2D eigenvalue weighted by Crippen LogP contribution is 2.65. The summed E-state index contributed by atoms with van der Waals surface area (Å²) in [5, 5.41) is 0. The van der Waals surface area contributed by atoms with Crippen molar-refractivity contribution in [1.29, 1.82) is 0 Å². The van der Waals surface area contributed by atoms with E-state index in [9.17, 15) is 14.4 Å². The van der Waals surface area contributed by atoms with Gasteiger partial charge in [0.2, 0.25) is 11.8 Å². The fourth-order valence-corrected chi connectivity index (χ4v) is 5.81. The molecule has 0 N–H and O–H groups in total. The van der Waals surface area contributed by atoms with Gasteiger partial charge in [0.25, 0.3) is 0 Å². The van der Waals surface area contributed by atoms with Crippen molar-refractivity contribution in [2.75, 3.05) is 6.54 Å². The van der Waals surface area contributed by atoms with Crippen LogP contribution in [0, 0.1) is 35.5 Å². The molecule has 0 unspecified atom stereocenters. The maximum absolute atomic E-state index is 13.0. The summed E-state index contributed by atoms with van der Waals surface area (Å²) >= 11 is 0. The number of likely N-dealkylation sites (tertiary alicyclic amines) is 1. The highest BCUT2D eigenvalue weighted by Gasteiger charge is 2.67. The first-order valence-electron chi connectivity index (χ1n) is 10.5. The maximum Gasteiger partial charge on any atom is 0.331 e. The molecule has 0 aromatic heterocycles. The van der Waals surface area contributed by atoms with Gasteiger partial charge in [-0.3, -0.25) is 14.5 Å². The minimum absolute atomic E-state index is 0.160. The lowest BCUT2D eigenvalue weighted by Crippen LogP contribution is -2.40. The smallest absolute Gasteiger partial charge is 0.331 e. The Morgan fingerprint density at radius 3 is 2.00 bits per heavy atom. The highest BCUT2D eigenvalue weighted by molar-refractivity contribution is 6.08. The summed E-state index contributed by atoms with van der Waals surface area (Å²) in [5.74, 6) is 0.259. The van der Waals surface area contributed by atoms with Crippen LogP contribution in [0.3, 0.4) is 0 Å². The summed E-state index contributed by atoms with van der Waals surface area (Å²) in [6.07, 6.45) is 5.37. The summed E-state index contributed by atoms with van der Waals surface area (Å²) in [6, 6.07) is 17.1. The van der Waals surface area contributed by atoms with Crippen molar-refractivity contribution < 1.29 is 19.1 Å². The van der Waals surface area contributed by atoms with Crippen LogP contribution in [0.2, 0.25) is 0 Å². The molecule has 7 rings (SSSR count). The first-order chi connectivity index (χ1) is 14.6. The molecule has 30 heavy (non-hydrogen) atoms. The third kappa shape index (κ3) is 2.58. The molecule has 2 saturated carbocycles. The number of hydrogen-bond acceptors (Lipinski definition) is 4. The molecule has 1 heterocycles. The molecule has 5 heteroatoms. The Kier molecular flexibility index (Phi) is 3.76. The zero-order valence-electron chi connectivity index (χ0n) is 16.3. The van der Waals surface area contributed by atoms with Crippen LogP contribution in [0.4, 0.5) is 0 Å². The number of benzene rings is 2. The molecule has 1 saturated heterocycles. The molecule has 3 fully saturated rings. The molecule has 0 radical (unpaired) electrons. The van der Waals surface area contributed by atoms with Crippen LogP contribution in [0.25, 0.3) is 11.1 Å². The van der Waals surface area contributed by atoms with Gasteiger partial charge in [-0.2, -0.15) is 0 Å². The Bertz CT molecular complexity index is 1040. The summed E-state index contributed by atoms with van der Waals surface area (Å²) in [5.41, 5.74) is 2.10. The Labute approximate surface area is 174 Å². The van der Waals surface area contributed by atoms with E-state index in [1.165, 1.54) is 0 Å². The van der Waals surface area contributed by atoms with Gasteiger partial charge in [0, 0.05) is 0 Å². The van der Waals surface area contributed by atoms with Crippen molar-refractivity contribution >= 4 is 17.8 Å². The maximum atomic E-state index is 13.0. The number of esters is 1. The number of allylic oxidation sites excluding steroid dienone is 2. The van der Waals surface area contributed by atoms with E-state index in [2.05, 4.69) is 12.2 Å². The second-order valence-electron chi connectivity index (χ2n) is 8.78. The van der Waals surface area contributed by atoms with Gasteiger partial charge in [-0.05, 0) is 53.4 Å². The number of hydrogen-bond donors (Lipinski definition) is 0. The van der Waals surface area contributed by atoms with E-state index < -0.39 is 5.97 Å². The van der Waals surface area contributed by atoms with E-state index in [4.69, 9.17) is 4.74 Å². The van der Waals surface area contributed by atoms with Gasteiger partial charge in [-0.15, -0.1) is 0 Å². The number of imide groups is 1. The van der Waals surface area contributed by atoms with E-state index in [0.717, 1.165) is 22.4 Å². The molecule has 0 spiro atoms. The van der Waals surface area contributed by atoms with Crippen LogP contribution < -0.4 is 4.74 Å². The Hall–Kier alpha value is -3.21. The van der Waals surface area contributed by atoms with Gasteiger partial charge in [0.15, 0.2) is 0 Å². The minimum atomic E-state index is -0.590. The van der Waals surface area contributed by atoms with Crippen LogP contribution in [0.1, 0.15) is 6.42 Å². The number of nitrogens with zero attached hydrogens (tertiary/aromatic N) is 1. The van der Waals surface area contributed by atoms with Crippen LogP contribution >= 0.6 is 0 Å².